The molecule has 0 atom stereocenters. The maximum absolute atomic E-state index is 12.5. The van der Waals surface area contributed by atoms with E-state index in [1.165, 1.54) is 13.0 Å². The van der Waals surface area contributed by atoms with Gasteiger partial charge >= 0.3 is 11.9 Å². The highest BCUT2D eigenvalue weighted by Crippen LogP contribution is 2.24. The van der Waals surface area contributed by atoms with Crippen LogP contribution in [-0.4, -0.2) is 36.8 Å². The van der Waals surface area contributed by atoms with Crippen LogP contribution in [0.5, 0.6) is 5.75 Å². The number of ether oxygens (including phenoxy) is 2. The van der Waals surface area contributed by atoms with E-state index in [4.69, 9.17) is 16.3 Å². The quantitative estimate of drug-likeness (QED) is 0.508. The number of benzene rings is 1. The molecule has 0 aromatic heterocycles. The van der Waals surface area contributed by atoms with Crippen LogP contribution in [0, 0.1) is 5.41 Å². The van der Waals surface area contributed by atoms with Crippen molar-refractivity contribution in [2.24, 2.45) is 5.41 Å². The summed E-state index contributed by atoms with van der Waals surface area (Å²) in [6.07, 6.45) is -0.553. The third kappa shape index (κ3) is 8.21. The Balaban J connectivity index is 2.66. The van der Waals surface area contributed by atoms with Crippen LogP contribution < -0.4 is 10.1 Å². The number of halogens is 1. The van der Waals surface area contributed by atoms with E-state index in [-0.39, 0.29) is 18.7 Å². The summed E-state index contributed by atoms with van der Waals surface area (Å²) in [6.45, 7) is 7.07. The summed E-state index contributed by atoms with van der Waals surface area (Å²) in [6, 6.07) is 4.74. The summed E-state index contributed by atoms with van der Waals surface area (Å²) in [7, 11) is 0. The average molecular weight is 398 g/mol. The largest absolute Gasteiger partial charge is 0.493 e. The fraction of sp³-hybridized carbons (Fsp3) is 0.474. The van der Waals surface area contributed by atoms with Gasteiger partial charge in [-0.25, -0.2) is 0 Å². The lowest BCUT2D eigenvalue weighted by atomic mass is 9.89. The molecular formula is C19H24ClNO6. The molecule has 27 heavy (non-hydrogen) atoms. The molecule has 0 aliphatic heterocycles. The second-order valence-electron chi connectivity index (χ2n) is 6.82. The third-order valence-electron chi connectivity index (χ3n) is 3.46. The topological polar surface area (TPSA) is 98.8 Å². The van der Waals surface area contributed by atoms with E-state index >= 15 is 0 Å². The summed E-state index contributed by atoms with van der Waals surface area (Å²) in [5, 5.41) is 3.13. The molecule has 8 heteroatoms. The zero-order valence-corrected chi connectivity index (χ0v) is 16.6. The van der Waals surface area contributed by atoms with Crippen LogP contribution in [0.4, 0.5) is 0 Å². The normalized spacial score (nSPS) is 10.9. The molecule has 0 heterocycles. The third-order valence-corrected chi connectivity index (χ3v) is 3.69. The average Bonchev–Trinajstić information content (AvgIpc) is 2.53. The SMILES string of the molecule is CCOc1ccc(Cl)cc1C(=O)NCC(C)(C)CC(=O)OC(=O)CC(C)=O. The summed E-state index contributed by atoms with van der Waals surface area (Å²) >= 11 is 5.95. The van der Waals surface area contributed by atoms with Crippen LogP contribution in [-0.2, 0) is 19.1 Å². The van der Waals surface area contributed by atoms with Gasteiger partial charge < -0.3 is 14.8 Å². The Labute approximate surface area is 163 Å². The van der Waals surface area contributed by atoms with Gasteiger partial charge in [-0.2, -0.15) is 0 Å². The zero-order chi connectivity index (χ0) is 20.6. The maximum atomic E-state index is 12.5. The first kappa shape index (κ1) is 22.6. The zero-order valence-electron chi connectivity index (χ0n) is 15.9. The number of hydrogen-bond acceptors (Lipinski definition) is 6. The molecule has 1 aromatic carbocycles. The van der Waals surface area contributed by atoms with Crippen molar-refractivity contribution in [1.29, 1.82) is 0 Å². The summed E-state index contributed by atoms with van der Waals surface area (Å²) in [4.78, 5) is 46.5. The van der Waals surface area contributed by atoms with E-state index in [1.54, 1.807) is 32.9 Å². The van der Waals surface area contributed by atoms with Gasteiger partial charge in [-0.3, -0.25) is 19.2 Å². The van der Waals surface area contributed by atoms with Gasteiger partial charge in [0.25, 0.3) is 5.91 Å². The van der Waals surface area contributed by atoms with Crippen molar-refractivity contribution in [2.45, 2.75) is 40.5 Å². The first-order valence-corrected chi connectivity index (χ1v) is 8.85. The molecule has 148 valence electrons. The summed E-state index contributed by atoms with van der Waals surface area (Å²) in [5.74, 6) is -2.00. The standard InChI is InChI=1S/C19H24ClNO6/c1-5-26-15-7-6-13(20)9-14(15)18(25)21-11-19(3,4)10-17(24)27-16(23)8-12(2)22/h6-7,9H,5,8,10-11H2,1-4H3,(H,21,25). The Morgan fingerprint density at radius 2 is 1.81 bits per heavy atom. The summed E-state index contributed by atoms with van der Waals surface area (Å²) in [5.41, 5.74) is -0.382. The van der Waals surface area contributed by atoms with E-state index < -0.39 is 29.7 Å². The first-order chi connectivity index (χ1) is 12.5. The van der Waals surface area contributed by atoms with E-state index in [0.29, 0.717) is 22.9 Å². The number of hydrogen-bond donors (Lipinski definition) is 1. The molecule has 1 aromatic rings. The number of Topliss-reactive ketones (excluding diaryl/α,β-unsaturated/α-hetero) is 1. The van der Waals surface area contributed by atoms with Crippen molar-refractivity contribution in [1.82, 2.24) is 5.32 Å². The number of carbonyl (C=O) groups is 4. The van der Waals surface area contributed by atoms with Crippen LogP contribution in [0.1, 0.15) is 50.9 Å². The Bertz CT molecular complexity index is 729. The molecule has 0 spiro atoms. The van der Waals surface area contributed by atoms with Gasteiger partial charge in [-0.15, -0.1) is 0 Å². The number of rotatable bonds is 9. The molecule has 0 aliphatic rings. The summed E-state index contributed by atoms with van der Waals surface area (Å²) < 4.78 is 10.0. The van der Waals surface area contributed by atoms with Gasteiger partial charge in [0.1, 0.15) is 18.0 Å². The molecule has 1 N–H and O–H groups in total. The number of carbonyl (C=O) groups excluding carboxylic acids is 4. The van der Waals surface area contributed by atoms with E-state index in [0.717, 1.165) is 0 Å². The molecule has 0 unspecified atom stereocenters. The van der Waals surface area contributed by atoms with Crippen molar-refractivity contribution in [3.05, 3.63) is 28.8 Å². The fourth-order valence-electron chi connectivity index (χ4n) is 2.23. The highest BCUT2D eigenvalue weighted by atomic mass is 35.5. The fourth-order valence-corrected chi connectivity index (χ4v) is 2.40. The Kier molecular flexibility index (Phi) is 8.43. The molecule has 7 nitrogen and oxygen atoms in total. The lowest BCUT2D eigenvalue weighted by Gasteiger charge is -2.24. The van der Waals surface area contributed by atoms with Gasteiger partial charge in [0, 0.05) is 11.6 Å². The van der Waals surface area contributed by atoms with Crippen LogP contribution in [0.15, 0.2) is 18.2 Å². The Morgan fingerprint density at radius 1 is 1.15 bits per heavy atom. The monoisotopic (exact) mass is 397 g/mol. The van der Waals surface area contributed by atoms with Crippen LogP contribution in [0.2, 0.25) is 5.02 Å². The number of ketones is 1. The molecule has 0 fully saturated rings. The maximum Gasteiger partial charge on any atom is 0.320 e. The molecule has 0 saturated heterocycles. The number of amides is 1. The second kappa shape index (κ2) is 10.1. The first-order valence-electron chi connectivity index (χ1n) is 8.47. The molecule has 0 bridgehead atoms. The molecule has 0 saturated carbocycles. The molecule has 1 rings (SSSR count). The van der Waals surface area contributed by atoms with E-state index in [9.17, 15) is 19.2 Å². The Hall–Kier alpha value is -2.41. The van der Waals surface area contributed by atoms with Crippen molar-refractivity contribution in [3.63, 3.8) is 0 Å². The van der Waals surface area contributed by atoms with Gasteiger partial charge in [-0.05, 0) is 37.5 Å². The highest BCUT2D eigenvalue weighted by molar-refractivity contribution is 6.31. The van der Waals surface area contributed by atoms with Crippen molar-refractivity contribution in [3.8, 4) is 5.75 Å². The predicted octanol–water partition coefficient (Wildman–Crippen LogP) is 2.93. The minimum atomic E-state index is -0.882. The number of nitrogens with one attached hydrogen (secondary N) is 1. The van der Waals surface area contributed by atoms with E-state index in [1.807, 2.05) is 0 Å². The van der Waals surface area contributed by atoms with Crippen LogP contribution >= 0.6 is 11.6 Å². The lowest BCUT2D eigenvalue weighted by molar-refractivity contribution is -0.161. The predicted molar refractivity (Wildman–Crippen MR) is 99.7 cm³/mol. The van der Waals surface area contributed by atoms with Crippen molar-refractivity contribution in [2.75, 3.05) is 13.2 Å². The smallest absolute Gasteiger partial charge is 0.320 e. The molecule has 0 aliphatic carbocycles. The van der Waals surface area contributed by atoms with Crippen molar-refractivity contribution < 1.29 is 28.7 Å². The minimum absolute atomic E-state index is 0.106. The van der Waals surface area contributed by atoms with Gasteiger partial charge in [0.05, 0.1) is 18.6 Å². The minimum Gasteiger partial charge on any atom is -0.493 e. The second-order valence-corrected chi connectivity index (χ2v) is 7.26. The van der Waals surface area contributed by atoms with Gasteiger partial charge in [0.15, 0.2) is 0 Å². The Morgan fingerprint density at radius 3 is 2.41 bits per heavy atom. The highest BCUT2D eigenvalue weighted by Gasteiger charge is 2.26. The molecule has 1 amide bonds. The van der Waals surface area contributed by atoms with Gasteiger partial charge in [-0.1, -0.05) is 25.4 Å². The van der Waals surface area contributed by atoms with Crippen LogP contribution in [0.25, 0.3) is 0 Å². The van der Waals surface area contributed by atoms with E-state index in [2.05, 4.69) is 10.1 Å². The lowest BCUT2D eigenvalue weighted by Crippen LogP contribution is -2.36. The van der Waals surface area contributed by atoms with Crippen molar-refractivity contribution >= 4 is 35.2 Å². The molecular weight excluding hydrogens is 374 g/mol. The molecule has 0 radical (unpaired) electrons. The van der Waals surface area contributed by atoms with Crippen LogP contribution in [0.3, 0.4) is 0 Å². The number of esters is 2. The van der Waals surface area contributed by atoms with Gasteiger partial charge in [0.2, 0.25) is 0 Å².